The minimum absolute atomic E-state index is 0.362. The molecule has 62 valence electrons. The van der Waals surface area contributed by atoms with Crippen LogP contribution in [0.15, 0.2) is 23.8 Å². The number of allylic oxidation sites excluding steroid dienone is 4. The fourth-order valence-corrected chi connectivity index (χ4v) is 0.454. The molecule has 0 aromatic carbocycles. The third kappa shape index (κ3) is 5.45. The summed E-state index contributed by atoms with van der Waals surface area (Å²) in [4.78, 5) is 0. The maximum Gasteiger partial charge on any atom is 0.153 e. The topological polar surface area (TPSA) is 23.9 Å². The molecule has 0 unspecified atom stereocenters. The summed E-state index contributed by atoms with van der Waals surface area (Å²) in [6.45, 7) is 2.66. The van der Waals surface area contributed by atoms with E-state index in [2.05, 4.69) is 0 Å². The van der Waals surface area contributed by atoms with E-state index in [0.717, 1.165) is 13.0 Å². The monoisotopic (exact) mass is 159 g/mol. The quantitative estimate of drug-likeness (QED) is 0.483. The van der Waals surface area contributed by atoms with Gasteiger partial charge in [0.15, 0.2) is 5.83 Å². The zero-order valence-corrected chi connectivity index (χ0v) is 6.62. The lowest BCUT2D eigenvalue weighted by Gasteiger charge is -1.88. The first kappa shape index (κ1) is 10.0. The average molecular weight is 159 g/mol. The summed E-state index contributed by atoms with van der Waals surface area (Å²) in [6, 6.07) is 0. The van der Waals surface area contributed by atoms with Gasteiger partial charge in [-0.2, -0.15) is 0 Å². The summed E-state index contributed by atoms with van der Waals surface area (Å²) in [5.74, 6) is -1.70. The lowest BCUT2D eigenvalue weighted by Crippen LogP contribution is -1.82. The Kier molecular flexibility index (Phi) is 4.34. The first-order valence-corrected chi connectivity index (χ1v) is 3.26. The molecule has 0 heterocycles. The second kappa shape index (κ2) is 4.77. The molecule has 0 aliphatic rings. The molecule has 0 fully saturated rings. The van der Waals surface area contributed by atoms with Gasteiger partial charge in [-0.25, -0.2) is 8.78 Å². The summed E-state index contributed by atoms with van der Waals surface area (Å²) in [6.07, 6.45) is 2.81. The fourth-order valence-electron chi connectivity index (χ4n) is 0.454. The van der Waals surface area contributed by atoms with Crippen LogP contribution in [0.25, 0.3) is 0 Å². The van der Waals surface area contributed by atoms with Crippen molar-refractivity contribution in [3.8, 4) is 0 Å². The van der Waals surface area contributed by atoms with Crippen LogP contribution in [-0.2, 0) is 0 Å². The normalized spacial score (nSPS) is 13.5. The number of hydrogen-bond acceptors (Lipinski definition) is 1. The zero-order valence-electron chi connectivity index (χ0n) is 6.62. The molecule has 0 amide bonds. The highest BCUT2D eigenvalue weighted by Crippen LogP contribution is 2.08. The van der Waals surface area contributed by atoms with Crippen molar-refractivity contribution < 1.29 is 8.78 Å². The lowest BCUT2D eigenvalue weighted by molar-refractivity contribution is 0.555. The summed E-state index contributed by atoms with van der Waals surface area (Å²) < 4.78 is 24.3. The minimum atomic E-state index is -0.869. The minimum Gasteiger partial charge on any atom is -0.310 e. The first-order valence-electron chi connectivity index (χ1n) is 3.26. The molecule has 0 aromatic rings. The SMILES string of the molecule is CC(=N)C/C=C\C(F)=C(C)F. The Morgan fingerprint density at radius 1 is 1.36 bits per heavy atom. The van der Waals surface area contributed by atoms with Gasteiger partial charge in [-0.15, -0.1) is 0 Å². The van der Waals surface area contributed by atoms with Gasteiger partial charge in [0, 0.05) is 12.1 Å². The van der Waals surface area contributed by atoms with E-state index in [0.29, 0.717) is 12.1 Å². The molecule has 0 aromatic heterocycles. The Labute approximate surface area is 64.9 Å². The van der Waals surface area contributed by atoms with Crippen LogP contribution in [0.2, 0.25) is 0 Å². The van der Waals surface area contributed by atoms with E-state index in [9.17, 15) is 8.78 Å². The van der Waals surface area contributed by atoms with Gasteiger partial charge in [0.25, 0.3) is 0 Å². The van der Waals surface area contributed by atoms with Gasteiger partial charge >= 0.3 is 0 Å². The van der Waals surface area contributed by atoms with Crippen molar-refractivity contribution in [2.75, 3.05) is 0 Å². The Balaban J connectivity index is 3.95. The van der Waals surface area contributed by atoms with E-state index in [1.807, 2.05) is 0 Å². The van der Waals surface area contributed by atoms with Crippen molar-refractivity contribution in [1.29, 1.82) is 5.41 Å². The predicted octanol–water partition coefficient (Wildman–Crippen LogP) is 3.14. The smallest absolute Gasteiger partial charge is 0.153 e. The molecule has 1 N–H and O–H groups in total. The Morgan fingerprint density at radius 2 is 1.91 bits per heavy atom. The van der Waals surface area contributed by atoms with Gasteiger partial charge in [-0.05, 0) is 19.9 Å². The second-order valence-electron chi connectivity index (χ2n) is 2.27. The standard InChI is InChI=1S/C8H11F2N/c1-6(11)4-3-5-8(10)7(2)9/h3,5,11H,4H2,1-2H3/b5-3-,8-7?,11-6?. The van der Waals surface area contributed by atoms with E-state index in [-0.39, 0.29) is 0 Å². The van der Waals surface area contributed by atoms with Crippen molar-refractivity contribution in [2.45, 2.75) is 20.3 Å². The molecule has 0 aliphatic heterocycles. The van der Waals surface area contributed by atoms with Gasteiger partial charge in [-0.1, -0.05) is 6.08 Å². The van der Waals surface area contributed by atoms with Gasteiger partial charge < -0.3 is 5.41 Å². The molecule has 0 radical (unpaired) electrons. The highest BCUT2D eigenvalue weighted by Gasteiger charge is 1.93. The summed E-state index contributed by atoms with van der Waals surface area (Å²) in [5, 5.41) is 6.96. The summed E-state index contributed by atoms with van der Waals surface area (Å²) in [5.41, 5.74) is 0.422. The van der Waals surface area contributed by atoms with E-state index < -0.39 is 11.7 Å². The summed E-state index contributed by atoms with van der Waals surface area (Å²) >= 11 is 0. The molecule has 0 atom stereocenters. The van der Waals surface area contributed by atoms with Crippen LogP contribution in [-0.4, -0.2) is 5.71 Å². The molecule has 3 heteroatoms. The highest BCUT2D eigenvalue weighted by atomic mass is 19.2. The third-order valence-electron chi connectivity index (χ3n) is 1.02. The van der Waals surface area contributed by atoms with Crippen LogP contribution >= 0.6 is 0 Å². The summed E-state index contributed by atoms with van der Waals surface area (Å²) in [7, 11) is 0. The third-order valence-corrected chi connectivity index (χ3v) is 1.02. The van der Waals surface area contributed by atoms with Gasteiger partial charge in [-0.3, -0.25) is 0 Å². The Bertz CT molecular complexity index is 200. The van der Waals surface area contributed by atoms with Gasteiger partial charge in [0.2, 0.25) is 0 Å². The van der Waals surface area contributed by atoms with E-state index >= 15 is 0 Å². The maximum atomic E-state index is 12.3. The first-order chi connectivity index (χ1) is 5.04. The van der Waals surface area contributed by atoms with Gasteiger partial charge in [0.05, 0.1) is 0 Å². The van der Waals surface area contributed by atoms with Crippen molar-refractivity contribution in [2.24, 2.45) is 0 Å². The molecule has 0 spiro atoms. The molecule has 0 bridgehead atoms. The average Bonchev–Trinajstić information content (AvgIpc) is 1.86. The maximum absolute atomic E-state index is 12.3. The molecule has 0 aliphatic carbocycles. The van der Waals surface area contributed by atoms with Crippen LogP contribution < -0.4 is 0 Å². The Hall–Kier alpha value is -0.990. The number of rotatable bonds is 3. The van der Waals surface area contributed by atoms with Crippen LogP contribution in [0.3, 0.4) is 0 Å². The molecular weight excluding hydrogens is 148 g/mol. The molecule has 1 nitrogen and oxygen atoms in total. The molecule has 0 saturated carbocycles. The van der Waals surface area contributed by atoms with Crippen molar-refractivity contribution >= 4 is 5.71 Å². The van der Waals surface area contributed by atoms with E-state index in [1.54, 1.807) is 6.92 Å². The van der Waals surface area contributed by atoms with Crippen LogP contribution in [0, 0.1) is 5.41 Å². The van der Waals surface area contributed by atoms with Crippen LogP contribution in [0.4, 0.5) is 8.78 Å². The fraction of sp³-hybridized carbons (Fsp3) is 0.375. The number of hydrogen-bond donors (Lipinski definition) is 1. The van der Waals surface area contributed by atoms with Gasteiger partial charge in [0.1, 0.15) is 5.83 Å². The van der Waals surface area contributed by atoms with Crippen LogP contribution in [0.1, 0.15) is 20.3 Å². The number of nitrogens with one attached hydrogen (secondary N) is 1. The van der Waals surface area contributed by atoms with Crippen LogP contribution in [0.5, 0.6) is 0 Å². The van der Waals surface area contributed by atoms with Crippen molar-refractivity contribution in [1.82, 2.24) is 0 Å². The van der Waals surface area contributed by atoms with Crippen molar-refractivity contribution in [3.63, 3.8) is 0 Å². The second-order valence-corrected chi connectivity index (χ2v) is 2.27. The van der Waals surface area contributed by atoms with E-state index in [1.165, 1.54) is 6.08 Å². The predicted molar refractivity (Wildman–Crippen MR) is 42.1 cm³/mol. The van der Waals surface area contributed by atoms with Crippen molar-refractivity contribution in [3.05, 3.63) is 23.8 Å². The largest absolute Gasteiger partial charge is 0.310 e. The Morgan fingerprint density at radius 3 is 2.27 bits per heavy atom. The zero-order chi connectivity index (χ0) is 8.85. The molecule has 0 saturated heterocycles. The lowest BCUT2D eigenvalue weighted by atomic mass is 10.2. The number of halogens is 2. The molecule has 11 heavy (non-hydrogen) atoms. The molecule has 0 rings (SSSR count). The molecular formula is C8H11F2N. The highest BCUT2D eigenvalue weighted by molar-refractivity contribution is 5.79. The van der Waals surface area contributed by atoms with E-state index in [4.69, 9.17) is 5.41 Å².